The van der Waals surface area contributed by atoms with Crippen LogP contribution in [0.5, 0.6) is 0 Å². The third-order valence-electron chi connectivity index (χ3n) is 4.31. The van der Waals surface area contributed by atoms with Gasteiger partial charge in [0.25, 0.3) is 0 Å². The number of amides is 1. The molecule has 19 heavy (non-hydrogen) atoms. The summed E-state index contributed by atoms with van der Waals surface area (Å²) in [5, 5.41) is 3.43. The summed E-state index contributed by atoms with van der Waals surface area (Å²) in [6, 6.07) is 0.440. The van der Waals surface area contributed by atoms with Gasteiger partial charge < -0.3 is 15.0 Å². The summed E-state index contributed by atoms with van der Waals surface area (Å²) in [6.45, 7) is 7.61. The van der Waals surface area contributed by atoms with Gasteiger partial charge in [0.2, 0.25) is 5.91 Å². The van der Waals surface area contributed by atoms with Crippen molar-refractivity contribution in [2.24, 2.45) is 5.92 Å². The van der Waals surface area contributed by atoms with Crippen LogP contribution in [0, 0.1) is 5.92 Å². The van der Waals surface area contributed by atoms with Crippen molar-refractivity contribution >= 4 is 5.91 Å². The maximum atomic E-state index is 12.1. The van der Waals surface area contributed by atoms with E-state index in [1.54, 1.807) is 0 Å². The van der Waals surface area contributed by atoms with E-state index in [9.17, 15) is 4.79 Å². The second-order valence-corrected chi connectivity index (χ2v) is 6.20. The molecular formula is C15H28N2O2. The van der Waals surface area contributed by atoms with Crippen LogP contribution in [-0.4, -0.2) is 49.2 Å². The van der Waals surface area contributed by atoms with Crippen LogP contribution in [0.1, 0.15) is 46.0 Å². The van der Waals surface area contributed by atoms with Crippen LogP contribution in [-0.2, 0) is 9.53 Å². The van der Waals surface area contributed by atoms with Crippen molar-refractivity contribution in [3.63, 3.8) is 0 Å². The van der Waals surface area contributed by atoms with E-state index in [0.717, 1.165) is 32.5 Å². The summed E-state index contributed by atoms with van der Waals surface area (Å²) in [6.07, 6.45) is 6.00. The molecule has 4 heteroatoms. The summed E-state index contributed by atoms with van der Waals surface area (Å²) in [5.41, 5.74) is 0. The summed E-state index contributed by atoms with van der Waals surface area (Å²) in [7, 11) is 0. The first-order chi connectivity index (χ1) is 9.16. The molecule has 2 rings (SSSR count). The Morgan fingerprint density at radius 2 is 2.05 bits per heavy atom. The average Bonchev–Trinajstić information content (AvgIpc) is 2.46. The molecule has 2 unspecified atom stereocenters. The minimum Gasteiger partial charge on any atom is -0.378 e. The van der Waals surface area contributed by atoms with Gasteiger partial charge in [0.15, 0.2) is 0 Å². The van der Waals surface area contributed by atoms with Gasteiger partial charge in [-0.2, -0.15) is 0 Å². The molecule has 0 radical (unpaired) electrons. The van der Waals surface area contributed by atoms with Gasteiger partial charge in [0.1, 0.15) is 0 Å². The van der Waals surface area contributed by atoms with E-state index >= 15 is 0 Å². The van der Waals surface area contributed by atoms with Crippen LogP contribution in [0.2, 0.25) is 0 Å². The Balaban J connectivity index is 1.70. The minimum atomic E-state index is 0.271. The molecule has 2 aliphatic rings. The number of nitrogens with one attached hydrogen (secondary N) is 1. The van der Waals surface area contributed by atoms with Crippen molar-refractivity contribution in [1.82, 2.24) is 10.2 Å². The highest BCUT2D eigenvalue weighted by Gasteiger charge is 2.25. The monoisotopic (exact) mass is 268 g/mol. The molecule has 0 aromatic rings. The van der Waals surface area contributed by atoms with Crippen LogP contribution < -0.4 is 5.32 Å². The summed E-state index contributed by atoms with van der Waals surface area (Å²) in [5.74, 6) is 0.828. The van der Waals surface area contributed by atoms with Gasteiger partial charge in [0.05, 0.1) is 12.6 Å². The topological polar surface area (TPSA) is 41.6 Å². The Kier molecular flexibility index (Phi) is 5.64. The molecule has 2 aliphatic heterocycles. The van der Waals surface area contributed by atoms with Gasteiger partial charge in [-0.15, -0.1) is 0 Å². The molecule has 1 amide bonds. The Morgan fingerprint density at radius 3 is 2.74 bits per heavy atom. The predicted molar refractivity (Wildman–Crippen MR) is 76.0 cm³/mol. The number of likely N-dealkylation sites (tertiary alicyclic amines) is 1. The molecule has 0 saturated carbocycles. The highest BCUT2D eigenvalue weighted by atomic mass is 16.5. The zero-order chi connectivity index (χ0) is 13.7. The first-order valence-electron chi connectivity index (χ1n) is 7.79. The average molecular weight is 268 g/mol. The van der Waals surface area contributed by atoms with Crippen molar-refractivity contribution in [3.05, 3.63) is 0 Å². The van der Waals surface area contributed by atoms with E-state index in [-0.39, 0.29) is 5.91 Å². The fourth-order valence-electron chi connectivity index (χ4n) is 2.96. The zero-order valence-electron chi connectivity index (χ0n) is 12.4. The van der Waals surface area contributed by atoms with Crippen LogP contribution in [0.3, 0.4) is 0 Å². The summed E-state index contributed by atoms with van der Waals surface area (Å²) in [4.78, 5) is 14.1. The minimum absolute atomic E-state index is 0.271. The molecular weight excluding hydrogens is 240 g/mol. The number of carbonyl (C=O) groups excluding carboxylic acids is 1. The SMILES string of the molecule is CC(C)C1CC(NCC(=O)N2CCCCC2)CCO1. The van der Waals surface area contributed by atoms with Gasteiger partial charge in [-0.25, -0.2) is 0 Å². The molecule has 0 bridgehead atoms. The van der Waals surface area contributed by atoms with Crippen molar-refractivity contribution < 1.29 is 9.53 Å². The van der Waals surface area contributed by atoms with E-state index < -0.39 is 0 Å². The lowest BCUT2D eigenvalue weighted by atomic mass is 9.95. The largest absolute Gasteiger partial charge is 0.378 e. The van der Waals surface area contributed by atoms with Crippen LogP contribution >= 0.6 is 0 Å². The lowest BCUT2D eigenvalue weighted by Gasteiger charge is -2.33. The number of hydrogen-bond acceptors (Lipinski definition) is 3. The third-order valence-corrected chi connectivity index (χ3v) is 4.31. The quantitative estimate of drug-likeness (QED) is 0.845. The standard InChI is InChI=1S/C15H28N2O2/c1-12(2)14-10-13(6-9-19-14)16-11-15(18)17-7-4-3-5-8-17/h12-14,16H,3-11H2,1-2H3. The highest BCUT2D eigenvalue weighted by molar-refractivity contribution is 5.78. The first-order valence-corrected chi connectivity index (χ1v) is 7.79. The lowest BCUT2D eigenvalue weighted by Crippen LogP contribution is -2.46. The Hall–Kier alpha value is -0.610. The van der Waals surface area contributed by atoms with E-state index in [1.165, 1.54) is 19.3 Å². The Labute approximate surface area is 116 Å². The smallest absolute Gasteiger partial charge is 0.236 e. The second-order valence-electron chi connectivity index (χ2n) is 6.20. The molecule has 4 nitrogen and oxygen atoms in total. The van der Waals surface area contributed by atoms with Crippen LogP contribution in [0.15, 0.2) is 0 Å². The summed E-state index contributed by atoms with van der Waals surface area (Å²) >= 11 is 0. The lowest BCUT2D eigenvalue weighted by molar-refractivity contribution is -0.131. The zero-order valence-corrected chi connectivity index (χ0v) is 12.4. The van der Waals surface area contributed by atoms with Crippen molar-refractivity contribution in [1.29, 1.82) is 0 Å². The van der Waals surface area contributed by atoms with Gasteiger partial charge in [-0.1, -0.05) is 13.8 Å². The number of nitrogens with zero attached hydrogens (tertiary/aromatic N) is 1. The second kappa shape index (κ2) is 7.25. The maximum Gasteiger partial charge on any atom is 0.236 e. The van der Waals surface area contributed by atoms with Gasteiger partial charge in [-0.05, 0) is 38.0 Å². The predicted octanol–water partition coefficient (Wildman–Crippen LogP) is 1.79. The molecule has 2 fully saturated rings. The molecule has 0 aromatic heterocycles. The molecule has 2 atom stereocenters. The molecule has 0 aliphatic carbocycles. The molecule has 0 aromatic carbocycles. The third kappa shape index (κ3) is 4.46. The number of ether oxygens (including phenoxy) is 1. The first kappa shape index (κ1) is 14.8. The number of piperidine rings is 1. The molecule has 2 heterocycles. The van der Waals surface area contributed by atoms with Crippen molar-refractivity contribution in [3.8, 4) is 0 Å². The fraction of sp³-hybridized carbons (Fsp3) is 0.933. The molecule has 1 N–H and O–H groups in total. The fourth-order valence-corrected chi connectivity index (χ4v) is 2.96. The van der Waals surface area contributed by atoms with Gasteiger partial charge in [0, 0.05) is 25.7 Å². The van der Waals surface area contributed by atoms with Crippen molar-refractivity contribution in [2.75, 3.05) is 26.2 Å². The highest BCUT2D eigenvalue weighted by Crippen LogP contribution is 2.20. The molecule has 110 valence electrons. The maximum absolute atomic E-state index is 12.1. The molecule has 0 spiro atoms. The van der Waals surface area contributed by atoms with Crippen molar-refractivity contribution in [2.45, 2.75) is 58.1 Å². The number of carbonyl (C=O) groups is 1. The van der Waals surface area contributed by atoms with E-state index in [2.05, 4.69) is 19.2 Å². The number of hydrogen-bond donors (Lipinski definition) is 1. The van der Waals surface area contributed by atoms with E-state index in [4.69, 9.17) is 4.74 Å². The van der Waals surface area contributed by atoms with E-state index in [1.807, 2.05) is 4.90 Å². The Bertz CT molecular complexity index is 288. The normalized spacial score (nSPS) is 28.7. The van der Waals surface area contributed by atoms with Crippen LogP contribution in [0.4, 0.5) is 0 Å². The summed E-state index contributed by atoms with van der Waals surface area (Å²) < 4.78 is 5.76. The Morgan fingerprint density at radius 1 is 1.32 bits per heavy atom. The van der Waals surface area contributed by atoms with E-state index in [0.29, 0.717) is 24.6 Å². The van der Waals surface area contributed by atoms with Crippen LogP contribution in [0.25, 0.3) is 0 Å². The number of rotatable bonds is 4. The molecule has 2 saturated heterocycles. The van der Waals surface area contributed by atoms with Gasteiger partial charge in [-0.3, -0.25) is 4.79 Å². The van der Waals surface area contributed by atoms with Gasteiger partial charge >= 0.3 is 0 Å².